The van der Waals surface area contributed by atoms with E-state index >= 15 is 0 Å². The first kappa shape index (κ1) is 24.4. The highest BCUT2D eigenvalue weighted by Gasteiger charge is 2.54. The average Bonchev–Trinajstić information content (AvgIpc) is 2.89. The molecule has 0 aliphatic carbocycles. The van der Waals surface area contributed by atoms with Gasteiger partial charge in [-0.15, -0.1) is 35.0 Å². The van der Waals surface area contributed by atoms with E-state index in [0.29, 0.717) is 11.3 Å². The molecule has 2 heterocycles. The molecule has 2 atom stereocenters. The Morgan fingerprint density at radius 1 is 1.09 bits per heavy atom. The standard InChI is InChI=1S/C25H22Cl2N2O4S/c26-13-7-12-18-15-34-24-20(28-19(30)14-27)23(31)29(24)21(18)25(32)33-22(16-8-3-1-4-9-16)17-10-5-2-6-11-17/h1-12,20,22,24H,13-15H2,(H,28,30)/t20-,24+/m1/s1. The van der Waals surface area contributed by atoms with Gasteiger partial charge < -0.3 is 10.1 Å². The zero-order chi connectivity index (χ0) is 24.1. The predicted molar refractivity (Wildman–Crippen MR) is 133 cm³/mol. The van der Waals surface area contributed by atoms with Gasteiger partial charge in [-0.2, -0.15) is 0 Å². The van der Waals surface area contributed by atoms with E-state index in [2.05, 4.69) is 5.32 Å². The molecule has 2 aliphatic heterocycles. The summed E-state index contributed by atoms with van der Waals surface area (Å²) in [6.45, 7) is 0. The van der Waals surface area contributed by atoms with E-state index < -0.39 is 29.4 Å². The maximum Gasteiger partial charge on any atom is 0.356 e. The van der Waals surface area contributed by atoms with E-state index in [-0.39, 0.29) is 23.4 Å². The molecule has 2 aromatic rings. The SMILES string of the molecule is O=C(CCl)N[C@@H]1C(=O)N2C(C(=O)OC(c3ccccc3)c3ccccc3)=C(C=CCCl)CS[C@@H]12. The minimum absolute atomic E-state index is 0.170. The number of fused-ring (bicyclic) bond motifs is 1. The molecule has 1 fully saturated rings. The molecule has 34 heavy (non-hydrogen) atoms. The second-order valence-corrected chi connectivity index (χ2v) is 9.31. The lowest BCUT2D eigenvalue weighted by atomic mass is 10.0. The van der Waals surface area contributed by atoms with Gasteiger partial charge >= 0.3 is 5.97 Å². The maximum absolute atomic E-state index is 13.6. The molecule has 4 rings (SSSR count). The van der Waals surface area contributed by atoms with Crippen LogP contribution in [-0.4, -0.2) is 51.6 Å². The number of thioether (sulfide) groups is 1. The maximum atomic E-state index is 13.6. The Kier molecular flexibility index (Phi) is 7.98. The molecule has 0 unspecified atom stereocenters. The van der Waals surface area contributed by atoms with E-state index in [1.165, 1.54) is 16.7 Å². The smallest absolute Gasteiger partial charge is 0.356 e. The quantitative estimate of drug-likeness (QED) is 0.326. The number of carbonyl (C=O) groups is 3. The van der Waals surface area contributed by atoms with E-state index in [1.54, 1.807) is 12.2 Å². The largest absolute Gasteiger partial charge is 0.448 e. The molecule has 2 aromatic carbocycles. The lowest BCUT2D eigenvalue weighted by molar-refractivity contribution is -0.154. The van der Waals surface area contributed by atoms with E-state index in [1.807, 2.05) is 60.7 Å². The fourth-order valence-electron chi connectivity index (χ4n) is 3.91. The van der Waals surface area contributed by atoms with Crippen LogP contribution in [0.4, 0.5) is 0 Å². The normalized spacial score (nSPS) is 19.7. The molecular weight excluding hydrogens is 495 g/mol. The molecule has 0 spiro atoms. The highest BCUT2D eigenvalue weighted by Crippen LogP contribution is 2.42. The number of ether oxygens (including phenoxy) is 1. The Morgan fingerprint density at radius 3 is 2.26 bits per heavy atom. The number of hydrogen-bond acceptors (Lipinski definition) is 5. The summed E-state index contributed by atoms with van der Waals surface area (Å²) in [7, 11) is 0. The van der Waals surface area contributed by atoms with Gasteiger partial charge in [0.05, 0.1) is 0 Å². The average molecular weight is 517 g/mol. The molecule has 2 amide bonds. The Morgan fingerprint density at radius 2 is 1.71 bits per heavy atom. The number of nitrogens with one attached hydrogen (secondary N) is 1. The highest BCUT2D eigenvalue weighted by atomic mass is 35.5. The number of alkyl halides is 2. The molecule has 9 heteroatoms. The van der Waals surface area contributed by atoms with Crippen molar-refractivity contribution in [2.24, 2.45) is 0 Å². The first-order chi connectivity index (χ1) is 16.5. The van der Waals surface area contributed by atoms with Crippen LogP contribution in [0.1, 0.15) is 17.2 Å². The Balaban J connectivity index is 1.66. The summed E-state index contributed by atoms with van der Waals surface area (Å²) >= 11 is 12.9. The van der Waals surface area contributed by atoms with Crippen LogP contribution in [0.15, 0.2) is 84.1 Å². The molecule has 1 saturated heterocycles. The molecule has 6 nitrogen and oxygen atoms in total. The van der Waals surface area contributed by atoms with Gasteiger partial charge in [0, 0.05) is 11.6 Å². The van der Waals surface area contributed by atoms with Gasteiger partial charge in [0.2, 0.25) is 5.91 Å². The van der Waals surface area contributed by atoms with Crippen molar-refractivity contribution in [1.29, 1.82) is 0 Å². The second kappa shape index (κ2) is 11.1. The van der Waals surface area contributed by atoms with Crippen molar-refractivity contribution in [3.05, 3.63) is 95.2 Å². The molecular formula is C25H22Cl2N2O4S. The summed E-state index contributed by atoms with van der Waals surface area (Å²) in [6.07, 6.45) is 2.80. The van der Waals surface area contributed by atoms with Crippen LogP contribution < -0.4 is 5.32 Å². The van der Waals surface area contributed by atoms with Crippen LogP contribution in [0.5, 0.6) is 0 Å². The van der Waals surface area contributed by atoms with Crippen molar-refractivity contribution in [3.63, 3.8) is 0 Å². The lowest BCUT2D eigenvalue weighted by Crippen LogP contribution is -2.70. The molecule has 0 bridgehead atoms. The van der Waals surface area contributed by atoms with Crippen LogP contribution in [0.25, 0.3) is 0 Å². The zero-order valence-corrected chi connectivity index (χ0v) is 20.4. The van der Waals surface area contributed by atoms with Gasteiger partial charge in [-0.05, 0) is 16.7 Å². The first-order valence-corrected chi connectivity index (χ1v) is 12.7. The van der Waals surface area contributed by atoms with Crippen LogP contribution >= 0.6 is 35.0 Å². The summed E-state index contributed by atoms with van der Waals surface area (Å²) in [4.78, 5) is 39.7. The lowest BCUT2D eigenvalue weighted by Gasteiger charge is -2.49. The number of amides is 2. The van der Waals surface area contributed by atoms with Crippen LogP contribution in [0.3, 0.4) is 0 Å². The number of allylic oxidation sites excluding steroid dienone is 2. The number of carbonyl (C=O) groups excluding carboxylic acids is 3. The third-order valence-electron chi connectivity index (χ3n) is 5.47. The monoisotopic (exact) mass is 516 g/mol. The van der Waals surface area contributed by atoms with Gasteiger partial charge in [0.15, 0.2) is 6.10 Å². The topological polar surface area (TPSA) is 75.7 Å². The minimum atomic E-state index is -0.739. The first-order valence-electron chi connectivity index (χ1n) is 10.6. The summed E-state index contributed by atoms with van der Waals surface area (Å²) in [6, 6.07) is 18.1. The third kappa shape index (κ3) is 5.02. The van der Waals surface area contributed by atoms with Crippen molar-refractivity contribution in [2.75, 3.05) is 17.5 Å². The summed E-state index contributed by atoms with van der Waals surface area (Å²) in [5, 5.41) is 2.21. The number of nitrogens with zero attached hydrogens (tertiary/aromatic N) is 1. The van der Waals surface area contributed by atoms with Crippen LogP contribution in [0, 0.1) is 0 Å². The van der Waals surface area contributed by atoms with Gasteiger partial charge in [-0.1, -0.05) is 72.8 Å². The molecule has 2 aliphatic rings. The van der Waals surface area contributed by atoms with E-state index in [9.17, 15) is 14.4 Å². The Bertz CT molecular complexity index is 1080. The second-order valence-electron chi connectivity index (χ2n) is 7.63. The summed E-state index contributed by atoms with van der Waals surface area (Å²) < 4.78 is 6.04. The van der Waals surface area contributed by atoms with Gasteiger partial charge in [0.1, 0.15) is 23.0 Å². The Hall–Kier alpha value is -2.74. The van der Waals surface area contributed by atoms with Gasteiger partial charge in [0.25, 0.3) is 5.91 Å². The van der Waals surface area contributed by atoms with Gasteiger partial charge in [-0.3, -0.25) is 14.5 Å². The molecule has 0 aromatic heterocycles. The van der Waals surface area contributed by atoms with Crippen molar-refractivity contribution in [2.45, 2.75) is 17.5 Å². The fourth-order valence-corrected chi connectivity index (χ4v) is 5.39. The number of hydrogen-bond donors (Lipinski definition) is 1. The van der Waals surface area contributed by atoms with Crippen molar-refractivity contribution in [1.82, 2.24) is 10.2 Å². The third-order valence-corrected chi connectivity index (χ3v) is 7.19. The van der Waals surface area contributed by atoms with Crippen molar-refractivity contribution in [3.8, 4) is 0 Å². The van der Waals surface area contributed by atoms with E-state index in [0.717, 1.165) is 11.1 Å². The molecule has 0 saturated carbocycles. The fraction of sp³-hybridized carbons (Fsp3) is 0.240. The van der Waals surface area contributed by atoms with Crippen molar-refractivity contribution < 1.29 is 19.1 Å². The highest BCUT2D eigenvalue weighted by molar-refractivity contribution is 8.00. The number of benzene rings is 2. The minimum Gasteiger partial charge on any atom is -0.448 e. The zero-order valence-electron chi connectivity index (χ0n) is 18.0. The summed E-state index contributed by atoms with van der Waals surface area (Å²) in [5.74, 6) is -0.955. The Labute approximate surface area is 211 Å². The van der Waals surface area contributed by atoms with Crippen molar-refractivity contribution >= 4 is 52.7 Å². The number of esters is 1. The van der Waals surface area contributed by atoms with E-state index in [4.69, 9.17) is 27.9 Å². The predicted octanol–water partition coefficient (Wildman–Crippen LogP) is 4.01. The molecule has 0 radical (unpaired) electrons. The summed E-state index contributed by atoms with van der Waals surface area (Å²) in [5.41, 5.74) is 2.43. The van der Waals surface area contributed by atoms with Gasteiger partial charge in [-0.25, -0.2) is 4.79 Å². The number of rotatable bonds is 8. The van der Waals surface area contributed by atoms with Crippen LogP contribution in [0.2, 0.25) is 0 Å². The van der Waals surface area contributed by atoms with Crippen LogP contribution in [-0.2, 0) is 19.1 Å². The molecule has 176 valence electrons. The molecule has 1 N–H and O–H groups in total. The number of halogens is 2. The number of β-lactam (4-membered cyclic amide) rings is 1.